The van der Waals surface area contributed by atoms with Crippen LogP contribution in [0.4, 0.5) is 13.2 Å². The average molecular weight is 330 g/mol. The smallest absolute Gasteiger partial charge is 0.406 e. The number of benzene rings is 1. The first kappa shape index (κ1) is 17.6. The molecule has 1 aliphatic rings. The Balaban J connectivity index is 2.01. The molecule has 1 aromatic carbocycles. The Morgan fingerprint density at radius 1 is 1.43 bits per heavy atom. The number of halogens is 3. The number of ether oxygens (including phenoxy) is 1. The van der Waals surface area contributed by atoms with Crippen molar-refractivity contribution in [2.45, 2.75) is 38.6 Å². The maximum atomic E-state index is 12.3. The number of nitrogens with two attached hydrogens (primary N) is 1. The molecule has 3 N–H and O–H groups in total. The number of carbonyl (C=O) groups excluding carboxylic acids is 1. The van der Waals surface area contributed by atoms with Gasteiger partial charge in [-0.2, -0.15) is 0 Å². The molecule has 1 saturated carbocycles. The summed E-state index contributed by atoms with van der Waals surface area (Å²) in [5.41, 5.74) is 6.24. The van der Waals surface area contributed by atoms with Crippen LogP contribution in [0, 0.1) is 11.8 Å². The van der Waals surface area contributed by atoms with Gasteiger partial charge in [-0.25, -0.2) is 0 Å². The summed E-state index contributed by atoms with van der Waals surface area (Å²) in [6.07, 6.45) is -2.01. The van der Waals surface area contributed by atoms with E-state index >= 15 is 0 Å². The lowest BCUT2D eigenvalue weighted by molar-refractivity contribution is -0.274. The van der Waals surface area contributed by atoms with Crippen molar-refractivity contribution >= 4 is 5.91 Å². The molecule has 2 rings (SSSR count). The Hall–Kier alpha value is -1.76. The Kier molecular flexibility index (Phi) is 5.51. The molecule has 23 heavy (non-hydrogen) atoms. The molecule has 1 fully saturated rings. The van der Waals surface area contributed by atoms with Gasteiger partial charge in [0.25, 0.3) is 0 Å². The van der Waals surface area contributed by atoms with Crippen LogP contribution in [-0.4, -0.2) is 18.8 Å². The van der Waals surface area contributed by atoms with Gasteiger partial charge in [-0.3, -0.25) is 4.79 Å². The largest absolute Gasteiger partial charge is 0.573 e. The third-order valence-electron chi connectivity index (χ3n) is 4.25. The molecule has 3 atom stereocenters. The van der Waals surface area contributed by atoms with Crippen molar-refractivity contribution in [2.24, 2.45) is 17.6 Å². The Labute approximate surface area is 133 Å². The molecule has 1 aliphatic carbocycles. The fraction of sp³-hybridized carbons (Fsp3) is 0.562. The number of rotatable bonds is 5. The van der Waals surface area contributed by atoms with Crippen LogP contribution in [0.5, 0.6) is 5.75 Å². The highest BCUT2D eigenvalue weighted by Gasteiger charge is 2.33. The van der Waals surface area contributed by atoms with Gasteiger partial charge in [0, 0.05) is 5.92 Å². The third kappa shape index (κ3) is 4.86. The molecule has 4 nitrogen and oxygen atoms in total. The molecule has 0 bridgehead atoms. The van der Waals surface area contributed by atoms with Crippen LogP contribution in [0.1, 0.15) is 37.8 Å². The monoisotopic (exact) mass is 330 g/mol. The first-order valence-corrected chi connectivity index (χ1v) is 7.66. The van der Waals surface area contributed by atoms with E-state index in [4.69, 9.17) is 5.73 Å². The van der Waals surface area contributed by atoms with Gasteiger partial charge in [0.2, 0.25) is 5.91 Å². The first-order valence-electron chi connectivity index (χ1n) is 7.66. The predicted octanol–water partition coefficient (Wildman–Crippen LogP) is 3.14. The minimum atomic E-state index is -4.73. The van der Waals surface area contributed by atoms with Gasteiger partial charge in [-0.1, -0.05) is 18.6 Å². The van der Waals surface area contributed by atoms with E-state index in [1.54, 1.807) is 13.0 Å². The zero-order valence-corrected chi connectivity index (χ0v) is 12.9. The van der Waals surface area contributed by atoms with E-state index in [0.29, 0.717) is 12.1 Å². The predicted molar refractivity (Wildman–Crippen MR) is 79.6 cm³/mol. The summed E-state index contributed by atoms with van der Waals surface area (Å²) in [5.74, 6) is -0.316. The van der Waals surface area contributed by atoms with E-state index in [1.165, 1.54) is 18.2 Å². The Bertz CT molecular complexity index is 548. The van der Waals surface area contributed by atoms with Gasteiger partial charge < -0.3 is 15.8 Å². The summed E-state index contributed by atoms with van der Waals surface area (Å²) in [5, 5.41) is 2.86. The molecule has 1 unspecified atom stereocenters. The highest BCUT2D eigenvalue weighted by molar-refractivity contribution is 5.79. The van der Waals surface area contributed by atoms with E-state index in [2.05, 4.69) is 10.1 Å². The number of amides is 1. The standard InChI is InChI=1S/C16H21F3N2O2/c1-10(21-15(22)14-7-3-5-12(14)9-20)11-4-2-6-13(8-11)23-16(17,18)19/h2,4,6,8,10,12,14H,3,5,7,9,20H2,1H3,(H,21,22)/t10?,12-,14-/m1/s1. The molecule has 0 saturated heterocycles. The molecule has 1 aromatic rings. The third-order valence-corrected chi connectivity index (χ3v) is 4.25. The number of hydrogen-bond donors (Lipinski definition) is 2. The number of carbonyl (C=O) groups is 1. The van der Waals surface area contributed by atoms with Crippen LogP contribution >= 0.6 is 0 Å². The van der Waals surface area contributed by atoms with E-state index in [0.717, 1.165) is 19.3 Å². The quantitative estimate of drug-likeness (QED) is 0.872. The lowest BCUT2D eigenvalue weighted by Crippen LogP contribution is -2.36. The lowest BCUT2D eigenvalue weighted by Gasteiger charge is -2.21. The topological polar surface area (TPSA) is 64.4 Å². The zero-order valence-electron chi connectivity index (χ0n) is 12.9. The van der Waals surface area contributed by atoms with E-state index in [1.807, 2.05) is 0 Å². The maximum absolute atomic E-state index is 12.3. The van der Waals surface area contributed by atoms with Gasteiger partial charge in [0.15, 0.2) is 0 Å². The highest BCUT2D eigenvalue weighted by atomic mass is 19.4. The van der Waals surface area contributed by atoms with Gasteiger partial charge in [-0.05, 0) is 49.9 Å². The number of alkyl halides is 3. The summed E-state index contributed by atoms with van der Waals surface area (Å²) < 4.78 is 40.7. The van der Waals surface area contributed by atoms with Crippen molar-refractivity contribution in [3.05, 3.63) is 29.8 Å². The first-order chi connectivity index (χ1) is 10.8. The van der Waals surface area contributed by atoms with Crippen LogP contribution in [0.2, 0.25) is 0 Å². The molecular weight excluding hydrogens is 309 g/mol. The molecule has 0 aliphatic heterocycles. The van der Waals surface area contributed by atoms with Crippen LogP contribution in [0.3, 0.4) is 0 Å². The second-order valence-electron chi connectivity index (χ2n) is 5.88. The summed E-state index contributed by atoms with van der Waals surface area (Å²) in [7, 11) is 0. The van der Waals surface area contributed by atoms with Crippen LogP contribution in [0.25, 0.3) is 0 Å². The molecule has 1 amide bonds. The van der Waals surface area contributed by atoms with Gasteiger partial charge in [0.05, 0.1) is 6.04 Å². The number of hydrogen-bond acceptors (Lipinski definition) is 3. The van der Waals surface area contributed by atoms with Crippen LogP contribution in [0.15, 0.2) is 24.3 Å². The van der Waals surface area contributed by atoms with Crippen molar-refractivity contribution < 1.29 is 22.7 Å². The van der Waals surface area contributed by atoms with Gasteiger partial charge >= 0.3 is 6.36 Å². The lowest BCUT2D eigenvalue weighted by atomic mass is 9.94. The van der Waals surface area contributed by atoms with E-state index < -0.39 is 12.4 Å². The van der Waals surface area contributed by atoms with Crippen LogP contribution in [-0.2, 0) is 4.79 Å². The van der Waals surface area contributed by atoms with Crippen molar-refractivity contribution in [3.8, 4) is 5.75 Å². The number of nitrogens with one attached hydrogen (secondary N) is 1. The molecule has 0 heterocycles. The molecular formula is C16H21F3N2O2. The van der Waals surface area contributed by atoms with Crippen molar-refractivity contribution in [2.75, 3.05) is 6.54 Å². The minimum absolute atomic E-state index is 0.0902. The molecule has 0 radical (unpaired) electrons. The van der Waals surface area contributed by atoms with E-state index in [-0.39, 0.29) is 23.5 Å². The van der Waals surface area contributed by atoms with Crippen molar-refractivity contribution in [3.63, 3.8) is 0 Å². The van der Waals surface area contributed by atoms with Crippen molar-refractivity contribution in [1.29, 1.82) is 0 Å². The maximum Gasteiger partial charge on any atom is 0.573 e. The second kappa shape index (κ2) is 7.21. The Morgan fingerprint density at radius 2 is 2.17 bits per heavy atom. The molecule has 0 spiro atoms. The molecule has 7 heteroatoms. The summed E-state index contributed by atoms with van der Waals surface area (Å²) in [6.45, 7) is 2.21. The van der Waals surface area contributed by atoms with E-state index in [9.17, 15) is 18.0 Å². The summed E-state index contributed by atoms with van der Waals surface area (Å²) in [4.78, 5) is 12.3. The average Bonchev–Trinajstić information content (AvgIpc) is 2.94. The zero-order chi connectivity index (χ0) is 17.0. The fourth-order valence-corrected chi connectivity index (χ4v) is 3.05. The summed E-state index contributed by atoms with van der Waals surface area (Å²) >= 11 is 0. The minimum Gasteiger partial charge on any atom is -0.406 e. The highest BCUT2D eigenvalue weighted by Crippen LogP contribution is 2.32. The van der Waals surface area contributed by atoms with Gasteiger partial charge in [-0.15, -0.1) is 13.2 Å². The Morgan fingerprint density at radius 3 is 2.83 bits per heavy atom. The second-order valence-corrected chi connectivity index (χ2v) is 5.88. The summed E-state index contributed by atoms with van der Waals surface area (Å²) in [6, 6.07) is 5.24. The molecule has 128 valence electrons. The molecule has 0 aromatic heterocycles. The van der Waals surface area contributed by atoms with Crippen molar-refractivity contribution in [1.82, 2.24) is 5.32 Å². The fourth-order valence-electron chi connectivity index (χ4n) is 3.05. The normalized spacial score (nSPS) is 22.7. The SMILES string of the molecule is CC(NC(=O)[C@@H]1CCC[C@@H]1CN)c1cccc(OC(F)(F)F)c1. The van der Waals surface area contributed by atoms with Gasteiger partial charge in [0.1, 0.15) is 5.75 Å². The van der Waals surface area contributed by atoms with Crippen LogP contribution < -0.4 is 15.8 Å².